The van der Waals surface area contributed by atoms with Gasteiger partial charge >= 0.3 is 0 Å². The van der Waals surface area contributed by atoms with E-state index in [2.05, 4.69) is 21.2 Å². The molecule has 1 N–H and O–H groups in total. The van der Waals surface area contributed by atoms with Gasteiger partial charge in [0.15, 0.2) is 0 Å². The minimum Gasteiger partial charge on any atom is -0.494 e. The largest absolute Gasteiger partial charge is 0.494 e. The van der Waals surface area contributed by atoms with Gasteiger partial charge < -0.3 is 15.0 Å². The fourth-order valence-corrected chi connectivity index (χ4v) is 6.17. The number of halogens is 1. The van der Waals surface area contributed by atoms with Crippen LogP contribution in [0.15, 0.2) is 87.1 Å². The third-order valence-corrected chi connectivity index (χ3v) is 9.04. The number of carbonyl (C=O) groups is 2. The third-order valence-electron chi connectivity index (χ3n) is 6.02. The van der Waals surface area contributed by atoms with E-state index in [-0.39, 0.29) is 17.3 Å². The van der Waals surface area contributed by atoms with Gasteiger partial charge in [-0.1, -0.05) is 28.1 Å². The van der Waals surface area contributed by atoms with Gasteiger partial charge in [-0.25, -0.2) is 8.42 Å². The van der Waals surface area contributed by atoms with Crippen molar-refractivity contribution in [1.29, 1.82) is 0 Å². The fraction of sp³-hybridized carbons (Fsp3) is 0.286. The van der Waals surface area contributed by atoms with Gasteiger partial charge in [-0.2, -0.15) is 0 Å². The van der Waals surface area contributed by atoms with Crippen LogP contribution in [0.2, 0.25) is 0 Å². The second-order valence-corrected chi connectivity index (χ2v) is 12.2. The first-order valence-electron chi connectivity index (χ1n) is 12.3. The Kier molecular flexibility index (Phi) is 10.8. The number of nitrogens with zero attached hydrogens (tertiary/aromatic N) is 2. The fourth-order valence-electron chi connectivity index (χ4n) is 3.90. The minimum absolute atomic E-state index is 0.0554. The van der Waals surface area contributed by atoms with Crippen molar-refractivity contribution in [2.24, 2.45) is 0 Å². The summed E-state index contributed by atoms with van der Waals surface area (Å²) in [7, 11) is -2.64. The van der Waals surface area contributed by atoms with Gasteiger partial charge in [0.2, 0.25) is 11.8 Å². The predicted octanol–water partition coefficient (Wildman–Crippen LogP) is 4.93. The summed E-state index contributed by atoms with van der Waals surface area (Å²) in [5, 5.41) is 2.58. The number of ether oxygens (including phenoxy) is 1. The van der Waals surface area contributed by atoms with Gasteiger partial charge in [0, 0.05) is 23.0 Å². The number of hydrogen-bond acceptors (Lipinski definition) is 6. The van der Waals surface area contributed by atoms with Crippen molar-refractivity contribution in [3.63, 3.8) is 0 Å². The molecule has 8 nitrogen and oxygen atoms in total. The minimum atomic E-state index is -4.14. The van der Waals surface area contributed by atoms with Crippen LogP contribution in [-0.4, -0.2) is 57.6 Å². The summed E-state index contributed by atoms with van der Waals surface area (Å²) < 4.78 is 35.2. The summed E-state index contributed by atoms with van der Waals surface area (Å²) >= 11 is 4.94. The van der Waals surface area contributed by atoms with Crippen molar-refractivity contribution < 1.29 is 22.7 Å². The highest BCUT2D eigenvalue weighted by Crippen LogP contribution is 2.28. The normalized spacial score (nSPS) is 11.9. The van der Waals surface area contributed by atoms with Gasteiger partial charge in [0.1, 0.15) is 18.3 Å². The van der Waals surface area contributed by atoms with Crippen molar-refractivity contribution in [1.82, 2.24) is 10.2 Å². The highest BCUT2D eigenvalue weighted by molar-refractivity contribution is 9.10. The van der Waals surface area contributed by atoms with Crippen molar-refractivity contribution in [3.05, 3.63) is 82.8 Å². The average molecular weight is 635 g/mol. The molecule has 39 heavy (non-hydrogen) atoms. The molecule has 0 heterocycles. The molecule has 0 saturated carbocycles. The molecule has 0 aromatic heterocycles. The Morgan fingerprint density at radius 3 is 2.28 bits per heavy atom. The number of amides is 2. The Morgan fingerprint density at radius 2 is 1.72 bits per heavy atom. The van der Waals surface area contributed by atoms with E-state index in [1.165, 1.54) is 35.8 Å². The molecule has 1 atom stereocenters. The Labute approximate surface area is 242 Å². The zero-order valence-corrected chi connectivity index (χ0v) is 25.5. The van der Waals surface area contributed by atoms with Crippen LogP contribution in [0.4, 0.5) is 5.69 Å². The van der Waals surface area contributed by atoms with E-state index in [1.807, 2.05) is 37.4 Å². The number of anilines is 1. The number of sulfonamides is 1. The summed E-state index contributed by atoms with van der Waals surface area (Å²) in [4.78, 5) is 28.8. The molecule has 2 amide bonds. The number of benzene rings is 3. The number of thioether (sulfide) groups is 1. The molecule has 0 bridgehead atoms. The van der Waals surface area contributed by atoms with E-state index in [4.69, 9.17) is 4.74 Å². The first-order chi connectivity index (χ1) is 18.6. The maximum atomic E-state index is 13.9. The molecule has 3 rings (SSSR count). The lowest BCUT2D eigenvalue weighted by atomic mass is 10.1. The van der Waals surface area contributed by atoms with Crippen LogP contribution < -0.4 is 14.4 Å². The summed E-state index contributed by atoms with van der Waals surface area (Å²) in [6.07, 6.45) is 1.90. The predicted molar refractivity (Wildman–Crippen MR) is 159 cm³/mol. The molecule has 0 saturated heterocycles. The molecule has 0 spiro atoms. The molecule has 0 aliphatic heterocycles. The molecule has 0 aliphatic carbocycles. The highest BCUT2D eigenvalue weighted by Gasteiger charge is 2.32. The van der Waals surface area contributed by atoms with Crippen molar-refractivity contribution in [3.8, 4) is 5.75 Å². The standard InChI is InChI=1S/C28H32BrN3O5S2/c1-5-37-24-11-9-23(10-12-24)32(39(35,36)26-15-13-25(38-4)14-16-26)19-27(33)31(20(2)28(34)30-3)18-21-7-6-8-22(29)17-21/h6-17,20H,5,18-19H2,1-4H3,(H,30,34)/t20-/m0/s1. The second-order valence-electron chi connectivity index (χ2n) is 8.56. The number of hydrogen-bond donors (Lipinski definition) is 1. The van der Waals surface area contributed by atoms with Gasteiger partial charge in [0.25, 0.3) is 10.0 Å². The van der Waals surface area contributed by atoms with Crippen LogP contribution in [0.3, 0.4) is 0 Å². The van der Waals surface area contributed by atoms with Crippen LogP contribution in [0.25, 0.3) is 0 Å². The van der Waals surface area contributed by atoms with Crippen LogP contribution in [0, 0.1) is 0 Å². The van der Waals surface area contributed by atoms with Gasteiger partial charge in [0.05, 0.1) is 17.2 Å². The van der Waals surface area contributed by atoms with E-state index in [9.17, 15) is 18.0 Å². The first kappa shape index (κ1) is 30.5. The molecular weight excluding hydrogens is 602 g/mol. The molecule has 3 aromatic carbocycles. The Balaban J connectivity index is 2.03. The molecule has 0 aliphatic rings. The Bertz CT molecular complexity index is 1380. The topological polar surface area (TPSA) is 96.0 Å². The molecule has 208 valence electrons. The summed E-state index contributed by atoms with van der Waals surface area (Å²) in [6.45, 7) is 3.55. The average Bonchev–Trinajstić information content (AvgIpc) is 2.94. The third kappa shape index (κ3) is 7.77. The maximum Gasteiger partial charge on any atom is 0.264 e. The number of likely N-dealkylation sites (N-methyl/N-ethyl adjacent to an activating group) is 1. The van der Waals surface area contributed by atoms with Gasteiger partial charge in [-0.15, -0.1) is 11.8 Å². The van der Waals surface area contributed by atoms with E-state index < -0.39 is 28.5 Å². The summed E-state index contributed by atoms with van der Waals surface area (Å²) in [5.41, 5.74) is 1.09. The Hall–Kier alpha value is -3.02. The zero-order valence-electron chi connectivity index (χ0n) is 22.3. The lowest BCUT2D eigenvalue weighted by Crippen LogP contribution is -2.50. The van der Waals surface area contributed by atoms with E-state index in [0.29, 0.717) is 18.0 Å². The number of nitrogens with one attached hydrogen (secondary N) is 1. The van der Waals surface area contributed by atoms with Crippen LogP contribution >= 0.6 is 27.7 Å². The molecule has 0 unspecified atom stereocenters. The Morgan fingerprint density at radius 1 is 1.05 bits per heavy atom. The smallest absolute Gasteiger partial charge is 0.264 e. The van der Waals surface area contributed by atoms with E-state index >= 15 is 0 Å². The van der Waals surface area contributed by atoms with E-state index in [1.54, 1.807) is 43.3 Å². The van der Waals surface area contributed by atoms with Gasteiger partial charge in [-0.05, 0) is 86.3 Å². The first-order valence-corrected chi connectivity index (χ1v) is 15.7. The molecule has 3 aromatic rings. The number of carbonyl (C=O) groups excluding carboxylic acids is 2. The summed E-state index contributed by atoms with van der Waals surface area (Å²) in [5.74, 6) is -0.301. The van der Waals surface area contributed by atoms with Crippen LogP contribution in [-0.2, 0) is 26.2 Å². The monoisotopic (exact) mass is 633 g/mol. The summed E-state index contributed by atoms with van der Waals surface area (Å²) in [6, 6.07) is 19.6. The molecule has 0 fully saturated rings. The van der Waals surface area contributed by atoms with Crippen molar-refractivity contribution in [2.45, 2.75) is 36.2 Å². The van der Waals surface area contributed by atoms with E-state index in [0.717, 1.165) is 19.2 Å². The maximum absolute atomic E-state index is 13.9. The zero-order chi connectivity index (χ0) is 28.6. The van der Waals surface area contributed by atoms with Crippen molar-refractivity contribution in [2.75, 3.05) is 30.8 Å². The van der Waals surface area contributed by atoms with Crippen LogP contribution in [0.1, 0.15) is 19.4 Å². The molecular formula is C28H32BrN3O5S2. The molecule has 11 heteroatoms. The van der Waals surface area contributed by atoms with Crippen LogP contribution in [0.5, 0.6) is 5.75 Å². The lowest BCUT2D eigenvalue weighted by Gasteiger charge is -2.32. The lowest BCUT2D eigenvalue weighted by molar-refractivity contribution is -0.139. The quantitative estimate of drug-likeness (QED) is 0.284. The number of rotatable bonds is 12. The van der Waals surface area contributed by atoms with Crippen molar-refractivity contribution >= 4 is 55.2 Å². The van der Waals surface area contributed by atoms with Gasteiger partial charge in [-0.3, -0.25) is 13.9 Å². The SMILES string of the molecule is CCOc1ccc(N(CC(=O)N(Cc2cccc(Br)c2)[C@@H](C)C(=O)NC)S(=O)(=O)c2ccc(SC)cc2)cc1. The highest BCUT2D eigenvalue weighted by atomic mass is 79.9. The second kappa shape index (κ2) is 13.9. The molecule has 0 radical (unpaired) electrons.